The fourth-order valence-electron chi connectivity index (χ4n) is 4.02. The Bertz CT molecular complexity index is 933. The van der Waals surface area contributed by atoms with E-state index in [1.54, 1.807) is 18.3 Å². The lowest BCUT2D eigenvalue weighted by molar-refractivity contribution is -0.132. The predicted octanol–water partition coefficient (Wildman–Crippen LogP) is 2.89. The fraction of sp³-hybridized carbons (Fsp3) is 0.381. The summed E-state index contributed by atoms with van der Waals surface area (Å²) in [5, 5.41) is 2.83. The molecule has 0 atom stereocenters. The SMILES string of the molecule is Cc1ncccc1-c1ccc(C(=O)CN2C(=O)NC3(CCCCC3)C2=O)cn1. The molecule has 0 radical (unpaired) electrons. The van der Waals surface area contributed by atoms with Crippen LogP contribution in [-0.4, -0.2) is 44.7 Å². The molecule has 3 heterocycles. The van der Waals surface area contributed by atoms with Gasteiger partial charge in [0, 0.05) is 29.2 Å². The van der Waals surface area contributed by atoms with E-state index in [1.807, 2.05) is 19.1 Å². The van der Waals surface area contributed by atoms with Crippen molar-refractivity contribution >= 4 is 17.7 Å². The molecule has 0 unspecified atom stereocenters. The van der Waals surface area contributed by atoms with Gasteiger partial charge >= 0.3 is 6.03 Å². The van der Waals surface area contributed by atoms with Crippen LogP contribution in [0.25, 0.3) is 11.3 Å². The molecule has 1 saturated heterocycles. The first kappa shape index (κ1) is 18.3. The van der Waals surface area contributed by atoms with Gasteiger partial charge in [0.1, 0.15) is 5.54 Å². The molecule has 2 aromatic rings. The maximum atomic E-state index is 12.8. The first-order chi connectivity index (χ1) is 13.5. The zero-order valence-corrected chi connectivity index (χ0v) is 15.8. The molecule has 1 aliphatic carbocycles. The molecule has 1 spiro atoms. The van der Waals surface area contributed by atoms with Crippen LogP contribution in [-0.2, 0) is 4.79 Å². The van der Waals surface area contributed by atoms with Crippen molar-refractivity contribution < 1.29 is 14.4 Å². The summed E-state index contributed by atoms with van der Waals surface area (Å²) >= 11 is 0. The third-order valence-corrected chi connectivity index (χ3v) is 5.62. The van der Waals surface area contributed by atoms with E-state index in [0.717, 1.165) is 41.1 Å². The number of amides is 3. The Morgan fingerprint density at radius 1 is 1.14 bits per heavy atom. The molecule has 1 saturated carbocycles. The summed E-state index contributed by atoms with van der Waals surface area (Å²) in [5.74, 6) is -0.584. The lowest BCUT2D eigenvalue weighted by atomic mass is 9.82. The van der Waals surface area contributed by atoms with Crippen molar-refractivity contribution in [2.24, 2.45) is 0 Å². The molecular weight excluding hydrogens is 356 g/mol. The number of imide groups is 1. The van der Waals surface area contributed by atoms with Crippen LogP contribution in [0.3, 0.4) is 0 Å². The van der Waals surface area contributed by atoms with Crippen LogP contribution >= 0.6 is 0 Å². The van der Waals surface area contributed by atoms with Crippen molar-refractivity contribution in [3.8, 4) is 11.3 Å². The van der Waals surface area contributed by atoms with Crippen LogP contribution in [0.4, 0.5) is 4.79 Å². The van der Waals surface area contributed by atoms with Crippen molar-refractivity contribution in [3.63, 3.8) is 0 Å². The average Bonchev–Trinajstić information content (AvgIpc) is 2.93. The van der Waals surface area contributed by atoms with Crippen molar-refractivity contribution in [2.45, 2.75) is 44.6 Å². The molecular formula is C21H22N4O3. The molecule has 7 heteroatoms. The fourth-order valence-corrected chi connectivity index (χ4v) is 4.02. The van der Waals surface area contributed by atoms with Crippen molar-refractivity contribution in [3.05, 3.63) is 47.9 Å². The van der Waals surface area contributed by atoms with Gasteiger partial charge in [-0.25, -0.2) is 4.79 Å². The Labute approximate surface area is 163 Å². The normalized spacial score (nSPS) is 18.4. The summed E-state index contributed by atoms with van der Waals surface area (Å²) in [6.45, 7) is 1.63. The van der Waals surface area contributed by atoms with Crippen molar-refractivity contribution in [1.29, 1.82) is 0 Å². The number of Topliss-reactive ketones (excluding diaryl/α,β-unsaturated/α-hetero) is 1. The van der Waals surface area contributed by atoms with Gasteiger partial charge in [-0.1, -0.05) is 19.3 Å². The van der Waals surface area contributed by atoms with Gasteiger partial charge in [-0.15, -0.1) is 0 Å². The number of carbonyl (C=O) groups excluding carboxylic acids is 3. The summed E-state index contributed by atoms with van der Waals surface area (Å²) in [4.78, 5) is 47.4. The summed E-state index contributed by atoms with van der Waals surface area (Å²) in [6.07, 6.45) is 7.37. The minimum atomic E-state index is -0.810. The van der Waals surface area contributed by atoms with Crippen LogP contribution in [0.2, 0.25) is 0 Å². The number of nitrogens with one attached hydrogen (secondary N) is 1. The van der Waals surface area contributed by atoms with E-state index in [9.17, 15) is 14.4 Å². The van der Waals surface area contributed by atoms with Gasteiger partial charge in [-0.3, -0.25) is 24.5 Å². The molecule has 28 heavy (non-hydrogen) atoms. The molecule has 2 aromatic heterocycles. The molecule has 3 amide bonds. The second-order valence-electron chi connectivity index (χ2n) is 7.46. The zero-order chi connectivity index (χ0) is 19.7. The molecule has 4 rings (SSSR count). The molecule has 2 fully saturated rings. The number of carbonyl (C=O) groups is 3. The number of pyridine rings is 2. The van der Waals surface area contributed by atoms with Gasteiger partial charge in [0.15, 0.2) is 5.78 Å². The minimum absolute atomic E-state index is 0.265. The highest BCUT2D eigenvalue weighted by atomic mass is 16.2. The summed E-state index contributed by atoms with van der Waals surface area (Å²) in [5.41, 5.74) is 2.03. The Balaban J connectivity index is 1.49. The quantitative estimate of drug-likeness (QED) is 0.652. The number of ketones is 1. The summed E-state index contributed by atoms with van der Waals surface area (Å²) in [7, 11) is 0. The zero-order valence-electron chi connectivity index (χ0n) is 15.8. The first-order valence-electron chi connectivity index (χ1n) is 9.55. The van der Waals surface area contributed by atoms with Crippen LogP contribution in [0, 0.1) is 6.92 Å². The molecule has 0 bridgehead atoms. The Hall–Kier alpha value is -3.09. The van der Waals surface area contributed by atoms with E-state index in [2.05, 4.69) is 15.3 Å². The van der Waals surface area contributed by atoms with E-state index >= 15 is 0 Å². The van der Waals surface area contributed by atoms with E-state index in [4.69, 9.17) is 0 Å². The van der Waals surface area contributed by atoms with E-state index in [0.29, 0.717) is 18.4 Å². The van der Waals surface area contributed by atoms with Crippen LogP contribution < -0.4 is 5.32 Å². The van der Waals surface area contributed by atoms with Crippen LogP contribution in [0.5, 0.6) is 0 Å². The topological polar surface area (TPSA) is 92.3 Å². The van der Waals surface area contributed by atoms with Crippen LogP contribution in [0.15, 0.2) is 36.7 Å². The van der Waals surface area contributed by atoms with Crippen LogP contribution in [0.1, 0.15) is 48.2 Å². The molecule has 144 valence electrons. The molecule has 1 aliphatic heterocycles. The standard InChI is InChI=1S/C21H22N4O3/c1-14-16(6-5-11-22-14)17-8-7-15(12-23-17)18(26)13-25-19(27)21(24-20(25)28)9-3-2-4-10-21/h5-8,11-12H,2-4,9-10,13H2,1H3,(H,24,28). The van der Waals surface area contributed by atoms with Gasteiger partial charge in [-0.05, 0) is 44.0 Å². The van der Waals surface area contributed by atoms with E-state index in [1.165, 1.54) is 6.20 Å². The lowest BCUT2D eigenvalue weighted by Crippen LogP contribution is -2.48. The number of aryl methyl sites for hydroxylation is 1. The molecule has 0 aromatic carbocycles. The van der Waals surface area contributed by atoms with Crippen molar-refractivity contribution in [2.75, 3.05) is 6.54 Å². The number of hydrogen-bond acceptors (Lipinski definition) is 5. The number of rotatable bonds is 4. The third-order valence-electron chi connectivity index (χ3n) is 5.62. The van der Waals surface area contributed by atoms with Gasteiger partial charge in [0.2, 0.25) is 0 Å². The Morgan fingerprint density at radius 3 is 2.61 bits per heavy atom. The molecule has 1 N–H and O–H groups in total. The predicted molar refractivity (Wildman–Crippen MR) is 103 cm³/mol. The maximum Gasteiger partial charge on any atom is 0.325 e. The Kier molecular flexibility index (Phi) is 4.66. The highest BCUT2D eigenvalue weighted by Crippen LogP contribution is 2.33. The maximum absolute atomic E-state index is 12.8. The van der Waals surface area contributed by atoms with Gasteiger partial charge in [0.25, 0.3) is 5.91 Å². The van der Waals surface area contributed by atoms with Gasteiger partial charge < -0.3 is 5.32 Å². The smallest absolute Gasteiger partial charge is 0.323 e. The summed E-state index contributed by atoms with van der Waals surface area (Å²) in [6, 6.07) is 6.71. The second kappa shape index (κ2) is 7.14. The van der Waals surface area contributed by atoms with Crippen molar-refractivity contribution in [1.82, 2.24) is 20.2 Å². The highest BCUT2D eigenvalue weighted by molar-refractivity contribution is 6.11. The minimum Gasteiger partial charge on any atom is -0.323 e. The van der Waals surface area contributed by atoms with Gasteiger partial charge in [0.05, 0.1) is 12.2 Å². The third kappa shape index (κ3) is 3.17. The first-order valence-corrected chi connectivity index (χ1v) is 9.55. The number of nitrogens with zero attached hydrogens (tertiary/aromatic N) is 3. The number of aromatic nitrogens is 2. The largest absolute Gasteiger partial charge is 0.325 e. The molecule has 7 nitrogen and oxygen atoms in total. The summed E-state index contributed by atoms with van der Waals surface area (Å²) < 4.78 is 0. The highest BCUT2D eigenvalue weighted by Gasteiger charge is 2.51. The second-order valence-corrected chi connectivity index (χ2v) is 7.46. The van der Waals surface area contributed by atoms with Gasteiger partial charge in [-0.2, -0.15) is 0 Å². The monoisotopic (exact) mass is 378 g/mol. The average molecular weight is 378 g/mol. The molecule has 2 aliphatic rings. The Morgan fingerprint density at radius 2 is 1.93 bits per heavy atom. The van der Waals surface area contributed by atoms with E-state index in [-0.39, 0.29) is 18.2 Å². The number of hydrogen-bond donors (Lipinski definition) is 1. The lowest BCUT2D eigenvalue weighted by Gasteiger charge is -2.30. The van der Waals surface area contributed by atoms with E-state index < -0.39 is 11.6 Å². The number of urea groups is 1.